The van der Waals surface area contributed by atoms with E-state index in [-0.39, 0.29) is 17.1 Å². The van der Waals surface area contributed by atoms with Gasteiger partial charge in [-0.1, -0.05) is 29.3 Å². The SMILES string of the molecule is O=C(c1c(F)cccc1Cl)N1CCC(O)c2cc(Cl)ccc21. The molecule has 1 atom stereocenters. The summed E-state index contributed by atoms with van der Waals surface area (Å²) in [5.41, 5.74) is 0.911. The van der Waals surface area contributed by atoms with Crippen LogP contribution < -0.4 is 4.90 Å². The molecule has 0 spiro atoms. The summed E-state index contributed by atoms with van der Waals surface area (Å²) in [4.78, 5) is 14.1. The lowest BCUT2D eigenvalue weighted by Crippen LogP contribution is -2.37. The smallest absolute Gasteiger partial charge is 0.262 e. The van der Waals surface area contributed by atoms with E-state index in [1.807, 2.05) is 0 Å². The highest BCUT2D eigenvalue weighted by atomic mass is 35.5. The summed E-state index contributed by atoms with van der Waals surface area (Å²) in [7, 11) is 0. The van der Waals surface area contributed by atoms with Gasteiger partial charge in [-0.15, -0.1) is 0 Å². The van der Waals surface area contributed by atoms with E-state index in [4.69, 9.17) is 23.2 Å². The minimum Gasteiger partial charge on any atom is -0.388 e. The zero-order chi connectivity index (χ0) is 15.9. The van der Waals surface area contributed by atoms with Crippen molar-refractivity contribution in [1.82, 2.24) is 0 Å². The normalized spacial score (nSPS) is 17.3. The standard InChI is InChI=1S/C16H12Cl2FNO2/c17-9-4-5-13-10(8-9)14(21)6-7-20(13)16(22)15-11(18)2-1-3-12(15)19/h1-5,8,14,21H,6-7H2. The molecular formula is C16H12Cl2FNO2. The predicted octanol–water partition coefficient (Wildman–Crippen LogP) is 4.22. The van der Waals surface area contributed by atoms with Crippen molar-refractivity contribution in [2.75, 3.05) is 11.4 Å². The van der Waals surface area contributed by atoms with Crippen molar-refractivity contribution in [2.24, 2.45) is 0 Å². The van der Waals surface area contributed by atoms with E-state index in [0.29, 0.717) is 22.7 Å². The molecule has 0 saturated carbocycles. The number of rotatable bonds is 1. The molecule has 2 aromatic carbocycles. The first-order valence-corrected chi connectivity index (χ1v) is 7.48. The first-order valence-electron chi connectivity index (χ1n) is 6.72. The molecule has 3 rings (SSSR count). The first-order chi connectivity index (χ1) is 10.5. The zero-order valence-corrected chi connectivity index (χ0v) is 12.9. The molecule has 0 saturated heterocycles. The molecule has 22 heavy (non-hydrogen) atoms. The fourth-order valence-corrected chi connectivity index (χ4v) is 3.04. The molecule has 1 aliphatic heterocycles. The number of carbonyl (C=O) groups is 1. The Hall–Kier alpha value is -1.62. The Balaban J connectivity index is 2.07. The van der Waals surface area contributed by atoms with Gasteiger partial charge in [-0.2, -0.15) is 0 Å². The molecule has 0 fully saturated rings. The maximum absolute atomic E-state index is 14.0. The molecule has 0 radical (unpaired) electrons. The molecule has 1 amide bonds. The van der Waals surface area contributed by atoms with Crippen LogP contribution in [0.15, 0.2) is 36.4 Å². The lowest BCUT2D eigenvalue weighted by atomic mass is 9.98. The average molecular weight is 340 g/mol. The maximum Gasteiger partial charge on any atom is 0.262 e. The molecule has 1 N–H and O–H groups in total. The van der Waals surface area contributed by atoms with Gasteiger partial charge in [0, 0.05) is 22.8 Å². The number of carbonyl (C=O) groups excluding carboxylic acids is 1. The van der Waals surface area contributed by atoms with Crippen LogP contribution in [-0.4, -0.2) is 17.6 Å². The van der Waals surface area contributed by atoms with E-state index in [1.165, 1.54) is 23.1 Å². The fourth-order valence-electron chi connectivity index (χ4n) is 2.61. The van der Waals surface area contributed by atoms with Gasteiger partial charge >= 0.3 is 0 Å². The molecule has 1 aliphatic rings. The Morgan fingerprint density at radius 1 is 1.27 bits per heavy atom. The van der Waals surface area contributed by atoms with Gasteiger partial charge < -0.3 is 10.0 Å². The molecule has 3 nitrogen and oxygen atoms in total. The van der Waals surface area contributed by atoms with Gasteiger partial charge in [-0.25, -0.2) is 4.39 Å². The maximum atomic E-state index is 14.0. The van der Waals surface area contributed by atoms with Crippen LogP contribution in [0, 0.1) is 5.82 Å². The number of amides is 1. The number of anilines is 1. The van der Waals surface area contributed by atoms with Gasteiger partial charge in [0.2, 0.25) is 0 Å². The van der Waals surface area contributed by atoms with Crippen LogP contribution in [0.4, 0.5) is 10.1 Å². The molecule has 2 aromatic rings. The van der Waals surface area contributed by atoms with Gasteiger partial charge in [-0.3, -0.25) is 4.79 Å². The summed E-state index contributed by atoms with van der Waals surface area (Å²) in [5.74, 6) is -1.20. The quantitative estimate of drug-likeness (QED) is 0.845. The lowest BCUT2D eigenvalue weighted by Gasteiger charge is -2.32. The summed E-state index contributed by atoms with van der Waals surface area (Å²) in [5, 5.41) is 10.6. The number of aliphatic hydroxyl groups is 1. The van der Waals surface area contributed by atoms with Gasteiger partial charge in [-0.05, 0) is 36.8 Å². The van der Waals surface area contributed by atoms with Crippen LogP contribution in [0.3, 0.4) is 0 Å². The Bertz CT molecular complexity index is 731. The second-order valence-corrected chi connectivity index (χ2v) is 5.90. The number of benzene rings is 2. The van der Waals surface area contributed by atoms with Crippen LogP contribution in [0.5, 0.6) is 0 Å². The Morgan fingerprint density at radius 2 is 2.05 bits per heavy atom. The monoisotopic (exact) mass is 339 g/mol. The number of hydrogen-bond acceptors (Lipinski definition) is 2. The largest absolute Gasteiger partial charge is 0.388 e. The van der Waals surface area contributed by atoms with Gasteiger partial charge in [0.25, 0.3) is 5.91 Å². The van der Waals surface area contributed by atoms with Crippen LogP contribution in [-0.2, 0) is 0 Å². The molecule has 114 valence electrons. The lowest BCUT2D eigenvalue weighted by molar-refractivity contribution is 0.0967. The second kappa shape index (κ2) is 5.88. The minimum atomic E-state index is -0.700. The minimum absolute atomic E-state index is 0.0617. The van der Waals surface area contributed by atoms with E-state index in [0.717, 1.165) is 0 Å². The van der Waals surface area contributed by atoms with Crippen molar-refractivity contribution in [1.29, 1.82) is 0 Å². The summed E-state index contributed by atoms with van der Waals surface area (Å²) >= 11 is 11.9. The van der Waals surface area contributed by atoms with Crippen LogP contribution in [0.2, 0.25) is 10.0 Å². The molecule has 1 heterocycles. The summed E-state index contributed by atoms with van der Waals surface area (Å²) in [6, 6.07) is 9.00. The number of halogens is 3. The summed E-state index contributed by atoms with van der Waals surface area (Å²) < 4.78 is 14.0. The predicted molar refractivity (Wildman–Crippen MR) is 84.1 cm³/mol. The van der Waals surface area contributed by atoms with E-state index in [9.17, 15) is 14.3 Å². The highest BCUT2D eigenvalue weighted by Crippen LogP contribution is 2.37. The second-order valence-electron chi connectivity index (χ2n) is 5.06. The van der Waals surface area contributed by atoms with Crippen LogP contribution >= 0.6 is 23.2 Å². The van der Waals surface area contributed by atoms with Crippen molar-refractivity contribution < 1.29 is 14.3 Å². The van der Waals surface area contributed by atoms with Crippen LogP contribution in [0.1, 0.15) is 28.4 Å². The first kappa shape index (κ1) is 15.3. The van der Waals surface area contributed by atoms with Gasteiger partial charge in [0.15, 0.2) is 0 Å². The number of nitrogens with zero attached hydrogens (tertiary/aromatic N) is 1. The molecule has 0 aliphatic carbocycles. The third kappa shape index (κ3) is 2.58. The van der Waals surface area contributed by atoms with E-state index in [1.54, 1.807) is 18.2 Å². The molecular weight excluding hydrogens is 328 g/mol. The topological polar surface area (TPSA) is 40.5 Å². The number of fused-ring (bicyclic) bond motifs is 1. The van der Waals surface area contributed by atoms with Gasteiger partial charge in [0.05, 0.1) is 16.7 Å². The van der Waals surface area contributed by atoms with Crippen LogP contribution in [0.25, 0.3) is 0 Å². The molecule has 0 bridgehead atoms. The van der Waals surface area contributed by atoms with Crippen molar-refractivity contribution in [3.8, 4) is 0 Å². The van der Waals surface area contributed by atoms with Crippen molar-refractivity contribution in [3.05, 3.63) is 63.4 Å². The number of hydrogen-bond donors (Lipinski definition) is 1. The Labute approximate surface area is 136 Å². The Morgan fingerprint density at radius 3 is 2.77 bits per heavy atom. The molecule has 0 aromatic heterocycles. The summed E-state index contributed by atoms with van der Waals surface area (Å²) in [6.45, 7) is 0.277. The van der Waals surface area contributed by atoms with E-state index < -0.39 is 17.8 Å². The fraction of sp³-hybridized carbons (Fsp3) is 0.188. The van der Waals surface area contributed by atoms with Crippen molar-refractivity contribution in [3.63, 3.8) is 0 Å². The third-order valence-electron chi connectivity index (χ3n) is 3.69. The third-order valence-corrected chi connectivity index (χ3v) is 4.24. The molecule has 6 heteroatoms. The molecule has 1 unspecified atom stereocenters. The highest BCUT2D eigenvalue weighted by molar-refractivity contribution is 6.34. The highest BCUT2D eigenvalue weighted by Gasteiger charge is 2.30. The van der Waals surface area contributed by atoms with Crippen molar-refractivity contribution >= 4 is 34.8 Å². The van der Waals surface area contributed by atoms with E-state index >= 15 is 0 Å². The zero-order valence-electron chi connectivity index (χ0n) is 11.4. The van der Waals surface area contributed by atoms with Gasteiger partial charge in [0.1, 0.15) is 5.82 Å². The number of aliphatic hydroxyl groups excluding tert-OH is 1. The van der Waals surface area contributed by atoms with Crippen molar-refractivity contribution in [2.45, 2.75) is 12.5 Å². The van der Waals surface area contributed by atoms with E-state index in [2.05, 4.69) is 0 Å². The average Bonchev–Trinajstić information content (AvgIpc) is 2.48. The summed E-state index contributed by atoms with van der Waals surface area (Å²) in [6.07, 6.45) is -0.348. The Kier molecular flexibility index (Phi) is 4.08.